The third-order valence-electron chi connectivity index (χ3n) is 3.89. The first-order valence-corrected chi connectivity index (χ1v) is 7.11. The van der Waals surface area contributed by atoms with Gasteiger partial charge in [-0.3, -0.25) is 4.79 Å². The lowest BCUT2D eigenvalue weighted by molar-refractivity contribution is -0.166. The van der Waals surface area contributed by atoms with E-state index in [4.69, 9.17) is 4.74 Å². The van der Waals surface area contributed by atoms with E-state index in [0.717, 1.165) is 39.0 Å². The van der Waals surface area contributed by atoms with E-state index >= 15 is 0 Å². The predicted octanol–water partition coefficient (Wildman–Crippen LogP) is 1.16. The van der Waals surface area contributed by atoms with Crippen LogP contribution in [0.3, 0.4) is 0 Å². The van der Waals surface area contributed by atoms with Gasteiger partial charge in [0, 0.05) is 13.1 Å². The van der Waals surface area contributed by atoms with Crippen LogP contribution in [-0.2, 0) is 9.53 Å². The van der Waals surface area contributed by atoms with Crippen LogP contribution in [0.5, 0.6) is 0 Å². The normalized spacial score (nSPS) is 24.4. The molecule has 0 radical (unpaired) electrons. The fraction of sp³-hybridized carbons (Fsp3) is 0.929. The van der Waals surface area contributed by atoms with Crippen molar-refractivity contribution in [2.24, 2.45) is 17.8 Å². The molecule has 2 heterocycles. The smallest absolute Gasteiger partial charge is 0.310 e. The molecule has 1 atom stereocenters. The topological polar surface area (TPSA) is 50.4 Å². The Morgan fingerprint density at radius 3 is 2.17 bits per heavy atom. The van der Waals surface area contributed by atoms with Crippen molar-refractivity contribution in [3.63, 3.8) is 0 Å². The Bertz CT molecular complexity index is 289. The van der Waals surface area contributed by atoms with Crippen LogP contribution in [-0.4, -0.2) is 37.7 Å². The van der Waals surface area contributed by atoms with Gasteiger partial charge in [0.1, 0.15) is 5.60 Å². The molecule has 104 valence electrons. The van der Waals surface area contributed by atoms with Crippen LogP contribution in [0.4, 0.5) is 0 Å². The molecule has 4 heteroatoms. The fourth-order valence-corrected chi connectivity index (χ4v) is 2.91. The van der Waals surface area contributed by atoms with E-state index in [1.54, 1.807) is 0 Å². The highest BCUT2D eigenvalue weighted by atomic mass is 16.6. The van der Waals surface area contributed by atoms with Crippen molar-refractivity contribution in [2.45, 2.75) is 39.2 Å². The van der Waals surface area contributed by atoms with Gasteiger partial charge in [-0.1, -0.05) is 0 Å². The molecule has 0 bridgehead atoms. The van der Waals surface area contributed by atoms with Crippen molar-refractivity contribution >= 4 is 5.97 Å². The Kier molecular flexibility index (Phi) is 4.28. The number of hydrogen-bond donors (Lipinski definition) is 2. The molecule has 0 saturated carbocycles. The van der Waals surface area contributed by atoms with Crippen LogP contribution in [0.1, 0.15) is 33.6 Å². The average Bonchev–Trinajstić information content (AvgIpc) is 2.21. The third-order valence-corrected chi connectivity index (χ3v) is 3.89. The summed E-state index contributed by atoms with van der Waals surface area (Å²) in [7, 11) is 0. The maximum atomic E-state index is 12.4. The van der Waals surface area contributed by atoms with Crippen LogP contribution < -0.4 is 10.6 Å². The minimum absolute atomic E-state index is 0.0147. The molecular weight excluding hydrogens is 228 g/mol. The number of piperidine rings is 1. The minimum Gasteiger partial charge on any atom is -0.460 e. The molecule has 0 aromatic carbocycles. The van der Waals surface area contributed by atoms with Gasteiger partial charge < -0.3 is 15.4 Å². The van der Waals surface area contributed by atoms with Crippen LogP contribution in [0, 0.1) is 17.8 Å². The summed E-state index contributed by atoms with van der Waals surface area (Å²) in [6.45, 7) is 9.84. The standard InChI is InChI=1S/C14H26N2O2/c1-14(2,3)18-13(17)12(11-8-16-9-11)10-4-6-15-7-5-10/h10-12,15-16H,4-9H2,1-3H3. The molecule has 0 amide bonds. The summed E-state index contributed by atoms with van der Waals surface area (Å²) in [5, 5.41) is 6.64. The molecule has 0 aliphatic carbocycles. The van der Waals surface area contributed by atoms with Crippen molar-refractivity contribution in [1.29, 1.82) is 0 Å². The number of ether oxygens (including phenoxy) is 1. The third kappa shape index (κ3) is 3.45. The average molecular weight is 254 g/mol. The quantitative estimate of drug-likeness (QED) is 0.742. The van der Waals surface area contributed by atoms with Gasteiger partial charge in [-0.25, -0.2) is 0 Å². The fourth-order valence-electron chi connectivity index (χ4n) is 2.91. The Balaban J connectivity index is 2.01. The maximum Gasteiger partial charge on any atom is 0.310 e. The van der Waals surface area contributed by atoms with Crippen molar-refractivity contribution < 1.29 is 9.53 Å². The molecule has 4 nitrogen and oxygen atoms in total. The Morgan fingerprint density at radius 1 is 1.11 bits per heavy atom. The lowest BCUT2D eigenvalue weighted by Gasteiger charge is -2.40. The van der Waals surface area contributed by atoms with Gasteiger partial charge in [-0.15, -0.1) is 0 Å². The molecule has 0 aromatic rings. The largest absolute Gasteiger partial charge is 0.460 e. The second-order valence-electron chi connectivity index (χ2n) is 6.57. The predicted molar refractivity (Wildman–Crippen MR) is 71.3 cm³/mol. The second kappa shape index (κ2) is 5.57. The van der Waals surface area contributed by atoms with Crippen LogP contribution in [0.15, 0.2) is 0 Å². The van der Waals surface area contributed by atoms with Crippen molar-refractivity contribution in [1.82, 2.24) is 10.6 Å². The second-order valence-corrected chi connectivity index (χ2v) is 6.57. The van der Waals surface area contributed by atoms with E-state index in [2.05, 4.69) is 10.6 Å². The van der Waals surface area contributed by atoms with E-state index in [1.807, 2.05) is 20.8 Å². The van der Waals surface area contributed by atoms with E-state index in [9.17, 15) is 4.79 Å². The van der Waals surface area contributed by atoms with Gasteiger partial charge in [0.15, 0.2) is 0 Å². The molecular formula is C14H26N2O2. The van der Waals surface area contributed by atoms with E-state index in [0.29, 0.717) is 11.8 Å². The molecule has 2 rings (SSSR count). The monoisotopic (exact) mass is 254 g/mol. The van der Waals surface area contributed by atoms with Gasteiger partial charge in [-0.2, -0.15) is 0 Å². The van der Waals surface area contributed by atoms with Gasteiger partial charge >= 0.3 is 5.97 Å². The maximum absolute atomic E-state index is 12.4. The number of rotatable bonds is 3. The highest BCUT2D eigenvalue weighted by molar-refractivity contribution is 5.74. The van der Waals surface area contributed by atoms with Crippen LogP contribution >= 0.6 is 0 Å². The van der Waals surface area contributed by atoms with Crippen LogP contribution in [0.25, 0.3) is 0 Å². The number of carbonyl (C=O) groups excluding carboxylic acids is 1. The number of nitrogens with one attached hydrogen (secondary N) is 2. The SMILES string of the molecule is CC(C)(C)OC(=O)C(C1CCNCC1)C1CNC1. The van der Waals surface area contributed by atoms with Crippen molar-refractivity contribution in [3.8, 4) is 0 Å². The first kappa shape index (κ1) is 13.8. The summed E-state index contributed by atoms with van der Waals surface area (Å²) in [6, 6.07) is 0. The van der Waals surface area contributed by atoms with Gasteiger partial charge in [0.05, 0.1) is 5.92 Å². The summed E-state index contributed by atoms with van der Waals surface area (Å²) in [5.74, 6) is 1.07. The summed E-state index contributed by atoms with van der Waals surface area (Å²) in [5.41, 5.74) is -0.376. The number of esters is 1. The Hall–Kier alpha value is -0.610. The zero-order valence-electron chi connectivity index (χ0n) is 11.8. The molecule has 0 spiro atoms. The zero-order valence-corrected chi connectivity index (χ0v) is 11.8. The van der Waals surface area contributed by atoms with E-state index in [1.165, 1.54) is 0 Å². The molecule has 18 heavy (non-hydrogen) atoms. The lowest BCUT2D eigenvalue weighted by atomic mass is 9.74. The number of hydrogen-bond acceptors (Lipinski definition) is 4. The zero-order chi connectivity index (χ0) is 13.2. The van der Waals surface area contributed by atoms with Gasteiger partial charge in [0.2, 0.25) is 0 Å². The van der Waals surface area contributed by atoms with E-state index in [-0.39, 0.29) is 17.5 Å². The molecule has 2 aliphatic rings. The van der Waals surface area contributed by atoms with Crippen molar-refractivity contribution in [3.05, 3.63) is 0 Å². The minimum atomic E-state index is -0.376. The Labute approximate surface area is 110 Å². The molecule has 2 aliphatic heterocycles. The van der Waals surface area contributed by atoms with Crippen LogP contribution in [0.2, 0.25) is 0 Å². The highest BCUT2D eigenvalue weighted by Crippen LogP contribution is 2.32. The molecule has 2 fully saturated rings. The summed E-state index contributed by atoms with van der Waals surface area (Å²) >= 11 is 0. The van der Waals surface area contributed by atoms with E-state index < -0.39 is 0 Å². The molecule has 1 unspecified atom stereocenters. The molecule has 2 N–H and O–H groups in total. The first-order valence-electron chi connectivity index (χ1n) is 7.11. The van der Waals surface area contributed by atoms with Gasteiger partial charge in [-0.05, 0) is 58.5 Å². The molecule has 2 saturated heterocycles. The van der Waals surface area contributed by atoms with Gasteiger partial charge in [0.25, 0.3) is 0 Å². The summed E-state index contributed by atoms with van der Waals surface area (Å²) in [6.07, 6.45) is 2.20. The first-order chi connectivity index (χ1) is 8.47. The number of carbonyl (C=O) groups is 1. The lowest BCUT2D eigenvalue weighted by Crippen LogP contribution is -2.52. The highest BCUT2D eigenvalue weighted by Gasteiger charge is 2.40. The van der Waals surface area contributed by atoms with Crippen molar-refractivity contribution in [2.75, 3.05) is 26.2 Å². The summed E-state index contributed by atoms with van der Waals surface area (Å²) in [4.78, 5) is 12.4. The summed E-state index contributed by atoms with van der Waals surface area (Å²) < 4.78 is 5.62. The molecule has 0 aromatic heterocycles. The Morgan fingerprint density at radius 2 is 1.72 bits per heavy atom.